The number of hydrogen-bond donors (Lipinski definition) is 0. The maximum Gasteiger partial charge on any atom is 0.0540 e. The van der Waals surface area contributed by atoms with Crippen molar-refractivity contribution in [1.82, 2.24) is 0 Å². The van der Waals surface area contributed by atoms with Crippen molar-refractivity contribution in [2.24, 2.45) is 0 Å². The van der Waals surface area contributed by atoms with E-state index in [0.29, 0.717) is 0 Å². The van der Waals surface area contributed by atoms with Gasteiger partial charge >= 0.3 is 0 Å². The second-order valence-corrected chi connectivity index (χ2v) is 13.7. The third-order valence-corrected chi connectivity index (χ3v) is 10.3. The first kappa shape index (κ1) is 33.6. The van der Waals surface area contributed by atoms with Gasteiger partial charge in [0.2, 0.25) is 0 Å². The number of hydrogen-bond acceptors (Lipinski definition) is 1. The van der Waals surface area contributed by atoms with E-state index in [4.69, 9.17) is 0 Å². The van der Waals surface area contributed by atoms with E-state index in [-0.39, 0.29) is 0 Å². The molecule has 0 heterocycles. The summed E-state index contributed by atoms with van der Waals surface area (Å²) < 4.78 is 0. The Morgan fingerprint density at radius 3 is 1.15 bits per heavy atom. The van der Waals surface area contributed by atoms with Crippen molar-refractivity contribution in [2.75, 3.05) is 4.90 Å². The highest BCUT2D eigenvalue weighted by molar-refractivity contribution is 5.99. The minimum atomic E-state index is 1.08. The minimum Gasteiger partial charge on any atom is -0.310 e. The first-order chi connectivity index (χ1) is 27.3. The van der Waals surface area contributed by atoms with E-state index < -0.39 is 0 Å². The molecule has 9 rings (SSSR count). The second kappa shape index (κ2) is 15.4. The normalized spacial score (nSPS) is 10.9. The van der Waals surface area contributed by atoms with E-state index in [1.807, 2.05) is 0 Å². The van der Waals surface area contributed by atoms with E-state index in [2.05, 4.69) is 241 Å². The lowest BCUT2D eigenvalue weighted by atomic mass is 9.84. The third kappa shape index (κ3) is 7.00. The quantitative estimate of drug-likeness (QED) is 0.145. The molecule has 1 heteroatoms. The zero-order valence-corrected chi connectivity index (χ0v) is 30.5. The number of para-hydroxylation sites is 1. The summed E-state index contributed by atoms with van der Waals surface area (Å²) in [6.07, 6.45) is 0. The van der Waals surface area contributed by atoms with Gasteiger partial charge in [0, 0.05) is 16.9 Å². The van der Waals surface area contributed by atoms with Crippen LogP contribution in [0.4, 0.5) is 17.1 Å². The Bertz CT molecular complexity index is 2590. The third-order valence-electron chi connectivity index (χ3n) is 10.3. The van der Waals surface area contributed by atoms with E-state index >= 15 is 0 Å². The molecule has 0 amide bonds. The van der Waals surface area contributed by atoms with Gasteiger partial charge in [-0.25, -0.2) is 0 Å². The molecular weight excluding hydrogens is 663 g/mol. The summed E-state index contributed by atoms with van der Waals surface area (Å²) in [5, 5.41) is 0. The fourth-order valence-corrected chi connectivity index (χ4v) is 7.63. The van der Waals surface area contributed by atoms with Crippen molar-refractivity contribution in [3.8, 4) is 66.8 Å². The Morgan fingerprint density at radius 1 is 0.218 bits per heavy atom. The number of rotatable bonds is 9. The lowest BCUT2D eigenvalue weighted by Crippen LogP contribution is -2.11. The van der Waals surface area contributed by atoms with Gasteiger partial charge in [-0.1, -0.05) is 194 Å². The SMILES string of the molecule is c1ccc(-c2ccc(N(c3cccc(-c4c(-c5ccccc5)cc(-c5ccccc5)cc4-c4ccccc4)c3)c3ccccc3-c3ccccc3)cc2)cc1. The van der Waals surface area contributed by atoms with Gasteiger partial charge in [-0.15, -0.1) is 0 Å². The van der Waals surface area contributed by atoms with E-state index in [1.54, 1.807) is 0 Å². The lowest BCUT2D eigenvalue weighted by molar-refractivity contribution is 1.28. The standard InChI is InChI=1S/C54H39N/c1-6-19-40(20-7-1)42-33-35-48(36-34-42)55(53-32-17-16-31-50(53)43-23-10-3-11-24-43)49-30-18-29-46(37-49)54-51(44-25-12-4-13-26-44)38-47(41-21-8-2-9-22-41)39-52(54)45-27-14-5-15-28-45/h1-39H. The predicted molar refractivity (Wildman–Crippen MR) is 234 cm³/mol. The Balaban J connectivity index is 1.28. The van der Waals surface area contributed by atoms with Crippen LogP contribution in [0.1, 0.15) is 0 Å². The number of benzene rings is 9. The molecule has 55 heavy (non-hydrogen) atoms. The van der Waals surface area contributed by atoms with Gasteiger partial charge in [0.25, 0.3) is 0 Å². The summed E-state index contributed by atoms with van der Waals surface area (Å²) in [5.74, 6) is 0. The van der Waals surface area contributed by atoms with Crippen LogP contribution in [0.5, 0.6) is 0 Å². The van der Waals surface area contributed by atoms with E-state index in [0.717, 1.165) is 22.6 Å². The highest BCUT2D eigenvalue weighted by Crippen LogP contribution is 2.46. The van der Waals surface area contributed by atoms with Gasteiger partial charge in [0.15, 0.2) is 0 Å². The van der Waals surface area contributed by atoms with Gasteiger partial charge in [-0.3, -0.25) is 0 Å². The molecule has 0 unspecified atom stereocenters. The Labute approximate surface area is 324 Å². The summed E-state index contributed by atoms with van der Waals surface area (Å²) in [6.45, 7) is 0. The molecule has 9 aromatic rings. The van der Waals surface area contributed by atoms with Crippen molar-refractivity contribution in [3.63, 3.8) is 0 Å². The largest absolute Gasteiger partial charge is 0.310 e. The highest BCUT2D eigenvalue weighted by Gasteiger charge is 2.21. The van der Waals surface area contributed by atoms with Gasteiger partial charge < -0.3 is 4.90 Å². The fraction of sp³-hybridized carbons (Fsp3) is 0. The molecule has 0 aliphatic heterocycles. The maximum absolute atomic E-state index is 2.41. The monoisotopic (exact) mass is 701 g/mol. The van der Waals surface area contributed by atoms with Crippen LogP contribution in [-0.4, -0.2) is 0 Å². The van der Waals surface area contributed by atoms with Gasteiger partial charge in [0.1, 0.15) is 0 Å². The molecule has 0 bridgehead atoms. The lowest BCUT2D eigenvalue weighted by Gasteiger charge is -2.29. The molecule has 0 N–H and O–H groups in total. The molecule has 260 valence electrons. The van der Waals surface area contributed by atoms with Crippen LogP contribution in [0.25, 0.3) is 66.8 Å². The van der Waals surface area contributed by atoms with Crippen LogP contribution in [0.15, 0.2) is 237 Å². The first-order valence-electron chi connectivity index (χ1n) is 18.8. The van der Waals surface area contributed by atoms with Crippen LogP contribution in [0.3, 0.4) is 0 Å². The molecule has 0 aromatic heterocycles. The van der Waals surface area contributed by atoms with Crippen molar-refractivity contribution >= 4 is 17.1 Å². The molecule has 9 aromatic carbocycles. The van der Waals surface area contributed by atoms with Gasteiger partial charge in [-0.05, 0) is 104 Å². The molecule has 0 aliphatic rings. The predicted octanol–water partition coefficient (Wildman–Crippen LogP) is 15.2. The molecule has 0 saturated carbocycles. The van der Waals surface area contributed by atoms with Crippen LogP contribution in [-0.2, 0) is 0 Å². The van der Waals surface area contributed by atoms with E-state index in [1.165, 1.54) is 61.2 Å². The summed E-state index contributed by atoms with van der Waals surface area (Å²) in [5.41, 5.74) is 17.5. The summed E-state index contributed by atoms with van der Waals surface area (Å²) in [4.78, 5) is 2.41. The fourth-order valence-electron chi connectivity index (χ4n) is 7.63. The van der Waals surface area contributed by atoms with Crippen LogP contribution in [0, 0.1) is 0 Å². The zero-order valence-electron chi connectivity index (χ0n) is 30.5. The Kier molecular flexibility index (Phi) is 9.41. The second-order valence-electron chi connectivity index (χ2n) is 13.7. The highest BCUT2D eigenvalue weighted by atomic mass is 15.1. The Hall–Kier alpha value is -7.22. The molecule has 1 nitrogen and oxygen atoms in total. The smallest absolute Gasteiger partial charge is 0.0540 e. The van der Waals surface area contributed by atoms with Crippen LogP contribution in [0.2, 0.25) is 0 Å². The Morgan fingerprint density at radius 2 is 0.618 bits per heavy atom. The van der Waals surface area contributed by atoms with Crippen LogP contribution >= 0.6 is 0 Å². The summed E-state index contributed by atoms with van der Waals surface area (Å²) >= 11 is 0. The molecule has 0 spiro atoms. The first-order valence-corrected chi connectivity index (χ1v) is 18.8. The average Bonchev–Trinajstić information content (AvgIpc) is 3.28. The zero-order chi connectivity index (χ0) is 36.8. The number of nitrogens with zero attached hydrogens (tertiary/aromatic N) is 1. The molecule has 0 fully saturated rings. The maximum atomic E-state index is 2.41. The van der Waals surface area contributed by atoms with E-state index in [9.17, 15) is 0 Å². The van der Waals surface area contributed by atoms with Crippen molar-refractivity contribution < 1.29 is 0 Å². The number of anilines is 3. The molecular formula is C54H39N. The minimum absolute atomic E-state index is 1.08. The van der Waals surface area contributed by atoms with Crippen molar-refractivity contribution in [2.45, 2.75) is 0 Å². The molecule has 0 aliphatic carbocycles. The summed E-state index contributed by atoms with van der Waals surface area (Å²) in [7, 11) is 0. The molecule has 0 saturated heterocycles. The molecule has 0 atom stereocenters. The summed E-state index contributed by atoms with van der Waals surface area (Å²) in [6, 6.07) is 85.1. The van der Waals surface area contributed by atoms with Crippen molar-refractivity contribution in [1.29, 1.82) is 0 Å². The van der Waals surface area contributed by atoms with Gasteiger partial charge in [0.05, 0.1) is 5.69 Å². The molecule has 0 radical (unpaired) electrons. The topological polar surface area (TPSA) is 3.24 Å². The van der Waals surface area contributed by atoms with Gasteiger partial charge in [-0.2, -0.15) is 0 Å². The van der Waals surface area contributed by atoms with Crippen LogP contribution < -0.4 is 4.90 Å². The van der Waals surface area contributed by atoms with Crippen molar-refractivity contribution in [3.05, 3.63) is 237 Å². The average molecular weight is 702 g/mol.